The van der Waals surface area contributed by atoms with E-state index in [1.807, 2.05) is 24.3 Å². The van der Waals surface area contributed by atoms with Crippen molar-refractivity contribution in [2.75, 3.05) is 7.11 Å². The molecule has 102 valence electrons. The largest absolute Gasteiger partial charge is 0.497 e. The van der Waals surface area contributed by atoms with Crippen molar-refractivity contribution in [1.82, 2.24) is 0 Å². The molecule has 0 amide bonds. The molecule has 3 nitrogen and oxygen atoms in total. The Morgan fingerprint density at radius 2 is 1.70 bits per heavy atom. The number of carbonyl (C=O) groups is 1. The lowest BCUT2D eigenvalue weighted by Gasteiger charge is -2.04. The molecular formula is C16H13BrO3. The molecule has 0 unspecified atom stereocenters. The van der Waals surface area contributed by atoms with Gasteiger partial charge < -0.3 is 9.84 Å². The van der Waals surface area contributed by atoms with Crippen LogP contribution >= 0.6 is 15.9 Å². The van der Waals surface area contributed by atoms with E-state index in [4.69, 9.17) is 4.74 Å². The Balaban J connectivity index is 2.39. The van der Waals surface area contributed by atoms with Gasteiger partial charge in [-0.15, -0.1) is 0 Å². The van der Waals surface area contributed by atoms with Gasteiger partial charge in [0.1, 0.15) is 5.75 Å². The standard InChI is InChI=1S/C16H13BrO3/c1-20-14-8-2-11(3-9-14)10-15(16(18)19)12-4-6-13(17)7-5-12/h2-10H,1H3,(H,18,19)/b15-10-. The molecule has 0 radical (unpaired) electrons. The monoisotopic (exact) mass is 332 g/mol. The molecule has 0 aliphatic carbocycles. The van der Waals surface area contributed by atoms with Crippen molar-refractivity contribution in [3.8, 4) is 5.75 Å². The second-order valence-electron chi connectivity index (χ2n) is 4.14. The van der Waals surface area contributed by atoms with E-state index in [0.29, 0.717) is 5.56 Å². The van der Waals surface area contributed by atoms with Crippen LogP contribution in [-0.2, 0) is 4.79 Å². The topological polar surface area (TPSA) is 46.5 Å². The fraction of sp³-hybridized carbons (Fsp3) is 0.0625. The van der Waals surface area contributed by atoms with E-state index >= 15 is 0 Å². The van der Waals surface area contributed by atoms with Gasteiger partial charge in [0.25, 0.3) is 0 Å². The second kappa shape index (κ2) is 6.39. The summed E-state index contributed by atoms with van der Waals surface area (Å²) in [6.45, 7) is 0. The van der Waals surface area contributed by atoms with Crippen LogP contribution in [0, 0.1) is 0 Å². The van der Waals surface area contributed by atoms with Crippen LogP contribution in [0.5, 0.6) is 5.75 Å². The Bertz CT molecular complexity index is 628. The lowest BCUT2D eigenvalue weighted by atomic mass is 10.0. The van der Waals surface area contributed by atoms with Crippen molar-refractivity contribution in [1.29, 1.82) is 0 Å². The van der Waals surface area contributed by atoms with E-state index < -0.39 is 5.97 Å². The number of benzene rings is 2. The molecule has 0 bridgehead atoms. The predicted octanol–water partition coefficient (Wildman–Crippen LogP) is 4.08. The van der Waals surface area contributed by atoms with Crippen LogP contribution in [0.15, 0.2) is 53.0 Å². The highest BCUT2D eigenvalue weighted by atomic mass is 79.9. The van der Waals surface area contributed by atoms with E-state index in [-0.39, 0.29) is 5.57 Å². The first-order valence-corrected chi connectivity index (χ1v) is 6.74. The number of halogens is 1. The molecule has 2 aromatic carbocycles. The summed E-state index contributed by atoms with van der Waals surface area (Å²) in [4.78, 5) is 11.4. The SMILES string of the molecule is COc1ccc(/C=C(\C(=O)O)c2ccc(Br)cc2)cc1. The predicted molar refractivity (Wildman–Crippen MR) is 82.6 cm³/mol. The first-order chi connectivity index (χ1) is 9.60. The molecule has 0 fully saturated rings. The lowest BCUT2D eigenvalue weighted by molar-refractivity contribution is -0.130. The molecule has 0 aliphatic heterocycles. The van der Waals surface area contributed by atoms with Gasteiger partial charge in [-0.2, -0.15) is 0 Å². The highest BCUT2D eigenvalue weighted by Crippen LogP contribution is 2.22. The van der Waals surface area contributed by atoms with Crippen molar-refractivity contribution < 1.29 is 14.6 Å². The summed E-state index contributed by atoms with van der Waals surface area (Å²) in [6, 6.07) is 14.4. The molecule has 0 atom stereocenters. The normalized spacial score (nSPS) is 11.2. The summed E-state index contributed by atoms with van der Waals surface area (Å²) in [5, 5.41) is 9.35. The highest BCUT2D eigenvalue weighted by molar-refractivity contribution is 9.10. The molecule has 4 heteroatoms. The van der Waals surface area contributed by atoms with Crippen molar-refractivity contribution in [3.63, 3.8) is 0 Å². The Kier molecular flexibility index (Phi) is 4.58. The zero-order valence-corrected chi connectivity index (χ0v) is 12.4. The molecule has 0 aliphatic rings. The van der Waals surface area contributed by atoms with E-state index in [9.17, 15) is 9.90 Å². The van der Waals surface area contributed by atoms with Crippen molar-refractivity contribution in [3.05, 3.63) is 64.1 Å². The van der Waals surface area contributed by atoms with Gasteiger partial charge in [-0.05, 0) is 41.5 Å². The van der Waals surface area contributed by atoms with Crippen molar-refractivity contribution in [2.24, 2.45) is 0 Å². The van der Waals surface area contributed by atoms with E-state index in [0.717, 1.165) is 15.8 Å². The van der Waals surface area contributed by atoms with Crippen LogP contribution < -0.4 is 4.74 Å². The summed E-state index contributed by atoms with van der Waals surface area (Å²) >= 11 is 3.33. The number of hydrogen-bond donors (Lipinski definition) is 1. The first kappa shape index (κ1) is 14.3. The van der Waals surface area contributed by atoms with Crippen LogP contribution in [0.4, 0.5) is 0 Å². The van der Waals surface area contributed by atoms with Gasteiger partial charge in [0.05, 0.1) is 12.7 Å². The highest BCUT2D eigenvalue weighted by Gasteiger charge is 2.10. The maximum absolute atomic E-state index is 11.4. The summed E-state index contributed by atoms with van der Waals surface area (Å²) in [6.07, 6.45) is 1.64. The van der Waals surface area contributed by atoms with E-state index in [1.165, 1.54) is 0 Å². The zero-order valence-electron chi connectivity index (χ0n) is 10.8. The van der Waals surface area contributed by atoms with E-state index in [1.54, 1.807) is 37.5 Å². The molecule has 2 rings (SSSR count). The maximum atomic E-state index is 11.4. The fourth-order valence-corrected chi connectivity index (χ4v) is 2.03. The van der Waals surface area contributed by atoms with Crippen LogP contribution in [0.25, 0.3) is 11.6 Å². The minimum absolute atomic E-state index is 0.252. The number of hydrogen-bond acceptors (Lipinski definition) is 2. The third-order valence-electron chi connectivity index (χ3n) is 2.81. The number of ether oxygens (including phenoxy) is 1. The van der Waals surface area contributed by atoms with Gasteiger partial charge in [0.15, 0.2) is 0 Å². The fourth-order valence-electron chi connectivity index (χ4n) is 1.76. The van der Waals surface area contributed by atoms with Crippen LogP contribution in [0.1, 0.15) is 11.1 Å². The van der Waals surface area contributed by atoms with Crippen molar-refractivity contribution in [2.45, 2.75) is 0 Å². The van der Waals surface area contributed by atoms with Crippen molar-refractivity contribution >= 4 is 33.5 Å². The molecule has 0 saturated heterocycles. The first-order valence-electron chi connectivity index (χ1n) is 5.95. The van der Waals surface area contributed by atoms with Crippen LogP contribution in [-0.4, -0.2) is 18.2 Å². The minimum atomic E-state index is -0.955. The number of aliphatic carboxylic acids is 1. The molecule has 0 heterocycles. The van der Waals surface area contributed by atoms with Gasteiger partial charge in [0.2, 0.25) is 0 Å². The minimum Gasteiger partial charge on any atom is -0.497 e. The number of carboxylic acid groups (broad SMARTS) is 1. The Morgan fingerprint density at radius 3 is 2.20 bits per heavy atom. The zero-order chi connectivity index (χ0) is 14.5. The molecular weight excluding hydrogens is 320 g/mol. The lowest BCUT2D eigenvalue weighted by Crippen LogP contribution is -1.99. The average Bonchev–Trinajstić information content (AvgIpc) is 2.46. The van der Waals surface area contributed by atoms with Gasteiger partial charge in [-0.1, -0.05) is 40.2 Å². The van der Waals surface area contributed by atoms with Gasteiger partial charge in [-0.25, -0.2) is 4.79 Å². The third-order valence-corrected chi connectivity index (χ3v) is 3.34. The molecule has 2 aromatic rings. The summed E-state index contributed by atoms with van der Waals surface area (Å²) in [5.41, 5.74) is 1.73. The average molecular weight is 333 g/mol. The smallest absolute Gasteiger partial charge is 0.336 e. The quantitative estimate of drug-likeness (QED) is 0.677. The second-order valence-corrected chi connectivity index (χ2v) is 5.06. The molecule has 1 N–H and O–H groups in total. The van der Waals surface area contributed by atoms with Crippen LogP contribution in [0.3, 0.4) is 0 Å². The van der Waals surface area contributed by atoms with Gasteiger partial charge in [-0.3, -0.25) is 0 Å². The van der Waals surface area contributed by atoms with Gasteiger partial charge >= 0.3 is 5.97 Å². The summed E-state index contributed by atoms with van der Waals surface area (Å²) < 4.78 is 5.99. The number of rotatable bonds is 4. The number of methoxy groups -OCH3 is 1. The number of carboxylic acids is 1. The Hall–Kier alpha value is -2.07. The van der Waals surface area contributed by atoms with Crippen LogP contribution in [0.2, 0.25) is 0 Å². The summed E-state index contributed by atoms with van der Waals surface area (Å²) in [7, 11) is 1.59. The Morgan fingerprint density at radius 1 is 1.10 bits per heavy atom. The summed E-state index contributed by atoms with van der Waals surface area (Å²) in [5.74, 6) is -0.217. The molecule has 0 aromatic heterocycles. The van der Waals surface area contributed by atoms with Gasteiger partial charge in [0, 0.05) is 4.47 Å². The third kappa shape index (κ3) is 3.48. The van der Waals surface area contributed by atoms with E-state index in [2.05, 4.69) is 15.9 Å². The maximum Gasteiger partial charge on any atom is 0.336 e. The Labute approximate surface area is 125 Å². The molecule has 0 saturated carbocycles. The molecule has 20 heavy (non-hydrogen) atoms. The molecule has 0 spiro atoms.